The molecule has 2 aliphatic rings. The number of hydrogen-bond donors (Lipinski definition) is 0. The first-order valence-electron chi connectivity index (χ1n) is 11.0. The predicted molar refractivity (Wildman–Crippen MR) is 123 cm³/mol. The second-order valence-corrected chi connectivity index (χ2v) is 11.1. The summed E-state index contributed by atoms with van der Waals surface area (Å²) in [6.45, 7) is 8.12. The van der Waals surface area contributed by atoms with E-state index in [1.54, 1.807) is 0 Å². The van der Waals surface area contributed by atoms with E-state index in [4.69, 9.17) is 4.74 Å². The minimum Gasteiger partial charge on any atom is -0.378 e. The Morgan fingerprint density at radius 3 is 2.52 bits per heavy atom. The minimum absolute atomic E-state index is 0.0564. The molecule has 33 heavy (non-hydrogen) atoms. The largest absolute Gasteiger partial charge is 0.378 e. The molecule has 0 bridgehead atoms. The first-order chi connectivity index (χ1) is 15.8. The summed E-state index contributed by atoms with van der Waals surface area (Å²) in [5.74, 6) is 1.17. The highest BCUT2D eigenvalue weighted by molar-refractivity contribution is 7.99. The van der Waals surface area contributed by atoms with Gasteiger partial charge in [0.05, 0.1) is 27.9 Å². The van der Waals surface area contributed by atoms with Gasteiger partial charge in [0.15, 0.2) is 5.16 Å². The summed E-state index contributed by atoms with van der Waals surface area (Å²) >= 11 is 1.12. The van der Waals surface area contributed by atoms with Gasteiger partial charge in [-0.1, -0.05) is 6.92 Å². The summed E-state index contributed by atoms with van der Waals surface area (Å²) in [6.07, 6.45) is 1.57. The van der Waals surface area contributed by atoms with Crippen LogP contribution in [-0.2, 0) is 21.3 Å². The van der Waals surface area contributed by atoms with E-state index in [9.17, 15) is 18.5 Å². The number of hydrogen-bond acceptors (Lipinski definition) is 9. The van der Waals surface area contributed by atoms with Gasteiger partial charge in [0, 0.05) is 38.8 Å². The Morgan fingerprint density at radius 1 is 1.18 bits per heavy atom. The van der Waals surface area contributed by atoms with Crippen molar-refractivity contribution in [2.24, 2.45) is 5.92 Å². The van der Waals surface area contributed by atoms with Crippen LogP contribution >= 0.6 is 11.8 Å². The number of morpholine rings is 1. The van der Waals surface area contributed by atoms with Gasteiger partial charge in [0.2, 0.25) is 16.0 Å². The van der Waals surface area contributed by atoms with Crippen LogP contribution in [-0.4, -0.2) is 71.8 Å². The van der Waals surface area contributed by atoms with Gasteiger partial charge < -0.3 is 9.64 Å². The Hall–Kier alpha value is -2.22. The van der Waals surface area contributed by atoms with E-state index in [2.05, 4.69) is 22.0 Å². The topological polar surface area (TPSA) is 124 Å². The maximum Gasteiger partial charge on any atom is 0.284 e. The molecule has 0 radical (unpaired) electrons. The van der Waals surface area contributed by atoms with Gasteiger partial charge in [-0.3, -0.25) is 14.7 Å². The molecule has 180 valence electrons. The molecule has 2 fully saturated rings. The molecule has 3 heterocycles. The van der Waals surface area contributed by atoms with Crippen molar-refractivity contribution in [1.29, 1.82) is 0 Å². The lowest BCUT2D eigenvalue weighted by Gasteiger charge is -2.29. The molecule has 11 nitrogen and oxygen atoms in total. The number of rotatable bonds is 7. The summed E-state index contributed by atoms with van der Waals surface area (Å²) in [5, 5.41) is 20.9. The van der Waals surface area contributed by atoms with Gasteiger partial charge in [-0.25, -0.2) is 8.42 Å². The van der Waals surface area contributed by atoms with Crippen molar-refractivity contribution in [3.8, 4) is 0 Å². The van der Waals surface area contributed by atoms with Gasteiger partial charge in [-0.05, 0) is 49.6 Å². The normalized spacial score (nSPS) is 18.5. The van der Waals surface area contributed by atoms with E-state index in [1.165, 1.54) is 16.4 Å². The summed E-state index contributed by atoms with van der Waals surface area (Å²) in [5.41, 5.74) is -0.259. The van der Waals surface area contributed by atoms with Crippen LogP contribution in [0.15, 0.2) is 33.1 Å². The fourth-order valence-electron chi connectivity index (χ4n) is 3.99. The van der Waals surface area contributed by atoms with E-state index in [0.717, 1.165) is 30.7 Å². The van der Waals surface area contributed by atoms with Gasteiger partial charge in [-0.15, -0.1) is 10.2 Å². The highest BCUT2D eigenvalue weighted by Crippen LogP contribution is 2.37. The van der Waals surface area contributed by atoms with Crippen molar-refractivity contribution in [2.45, 2.75) is 48.2 Å². The van der Waals surface area contributed by atoms with Gasteiger partial charge in [0.25, 0.3) is 5.69 Å². The number of piperidine rings is 1. The van der Waals surface area contributed by atoms with E-state index < -0.39 is 14.9 Å². The van der Waals surface area contributed by atoms with Gasteiger partial charge >= 0.3 is 0 Å². The Kier molecular flexibility index (Phi) is 7.22. The van der Waals surface area contributed by atoms with Crippen molar-refractivity contribution < 1.29 is 18.1 Å². The molecule has 2 aliphatic heterocycles. The van der Waals surface area contributed by atoms with Crippen LogP contribution in [0.25, 0.3) is 0 Å². The fraction of sp³-hybridized carbons (Fsp3) is 0.600. The molecule has 0 spiro atoms. The zero-order chi connectivity index (χ0) is 23.6. The summed E-state index contributed by atoms with van der Waals surface area (Å²) < 4.78 is 34.9. The number of aromatic nitrogens is 3. The third-order valence-electron chi connectivity index (χ3n) is 6.02. The first kappa shape index (κ1) is 23.9. The Balaban J connectivity index is 1.62. The number of nitrogens with zero attached hydrogens (tertiary/aromatic N) is 6. The highest BCUT2D eigenvalue weighted by Gasteiger charge is 2.31. The van der Waals surface area contributed by atoms with Crippen LogP contribution in [0.1, 0.15) is 26.7 Å². The molecule has 0 saturated carbocycles. The molecule has 0 atom stereocenters. The first-order valence-corrected chi connectivity index (χ1v) is 13.3. The zero-order valence-electron chi connectivity index (χ0n) is 18.7. The van der Waals surface area contributed by atoms with E-state index in [0.29, 0.717) is 67.9 Å². The second kappa shape index (κ2) is 9.95. The predicted octanol–water partition coefficient (Wildman–Crippen LogP) is 2.61. The van der Waals surface area contributed by atoms with Crippen LogP contribution < -0.4 is 4.90 Å². The SMILES string of the molecule is CCn1c(Sc2ccc(S(=O)(=O)N3CCC(C)CC3)cc2[N+](=O)[O-])nnc1N1CCOCC1. The van der Waals surface area contributed by atoms with Crippen molar-refractivity contribution in [1.82, 2.24) is 19.1 Å². The molecule has 0 aliphatic carbocycles. The van der Waals surface area contributed by atoms with Crippen LogP contribution in [0.4, 0.5) is 11.6 Å². The Morgan fingerprint density at radius 2 is 1.88 bits per heavy atom. The third-order valence-corrected chi connectivity index (χ3v) is 8.96. The monoisotopic (exact) mass is 496 g/mol. The van der Waals surface area contributed by atoms with Crippen LogP contribution in [0.3, 0.4) is 0 Å². The maximum atomic E-state index is 13.1. The van der Waals surface area contributed by atoms with Crippen molar-refractivity contribution in [2.75, 3.05) is 44.3 Å². The number of nitro groups is 1. The van der Waals surface area contributed by atoms with Gasteiger partial charge in [0.1, 0.15) is 0 Å². The third kappa shape index (κ3) is 5.00. The number of benzene rings is 1. The summed E-state index contributed by atoms with van der Waals surface area (Å²) in [4.78, 5) is 13.6. The Bertz CT molecular complexity index is 1110. The quantitative estimate of drug-likeness (QED) is 0.420. The molecule has 13 heteroatoms. The summed E-state index contributed by atoms with van der Waals surface area (Å²) in [6, 6.07) is 4.09. The number of anilines is 1. The molecule has 0 N–H and O–H groups in total. The molecule has 0 unspecified atom stereocenters. The molecule has 4 rings (SSSR count). The lowest BCUT2D eigenvalue weighted by atomic mass is 10.0. The summed E-state index contributed by atoms with van der Waals surface area (Å²) in [7, 11) is -3.79. The smallest absolute Gasteiger partial charge is 0.284 e. The van der Waals surface area contributed by atoms with Crippen molar-refractivity contribution in [3.63, 3.8) is 0 Å². The van der Waals surface area contributed by atoms with Crippen molar-refractivity contribution in [3.05, 3.63) is 28.3 Å². The lowest BCUT2D eigenvalue weighted by molar-refractivity contribution is -0.388. The average molecular weight is 497 g/mol. The van der Waals surface area contributed by atoms with E-state index >= 15 is 0 Å². The lowest BCUT2D eigenvalue weighted by Crippen LogP contribution is -2.38. The molecule has 2 saturated heterocycles. The minimum atomic E-state index is -3.79. The van der Waals surface area contributed by atoms with Crippen LogP contribution in [0.2, 0.25) is 0 Å². The molecule has 1 aromatic heterocycles. The second-order valence-electron chi connectivity index (χ2n) is 8.20. The maximum absolute atomic E-state index is 13.1. The van der Waals surface area contributed by atoms with Crippen molar-refractivity contribution >= 4 is 33.4 Å². The molecular formula is C20H28N6O5S2. The molecule has 1 aromatic carbocycles. The number of ether oxygens (including phenoxy) is 1. The Labute approximate surface area is 197 Å². The van der Waals surface area contributed by atoms with Crippen LogP contribution in [0, 0.1) is 16.0 Å². The molecule has 2 aromatic rings. The molecular weight excluding hydrogens is 468 g/mol. The highest BCUT2D eigenvalue weighted by atomic mass is 32.2. The molecule has 0 amide bonds. The standard InChI is InChI=1S/C20H28N6O5S2/c1-3-25-19(23-10-12-31-13-11-23)21-22-20(25)32-18-5-4-16(14-17(18)26(27)28)33(29,30)24-8-6-15(2)7-9-24/h4-5,14-15H,3,6-13H2,1-2H3. The number of nitro benzene ring substituents is 1. The number of sulfonamides is 1. The fourth-order valence-corrected chi connectivity index (χ4v) is 6.45. The van der Waals surface area contributed by atoms with Crippen LogP contribution in [0.5, 0.6) is 0 Å². The van der Waals surface area contributed by atoms with E-state index in [-0.39, 0.29) is 10.6 Å². The van der Waals surface area contributed by atoms with Gasteiger partial charge in [-0.2, -0.15) is 4.31 Å². The zero-order valence-corrected chi connectivity index (χ0v) is 20.3. The average Bonchev–Trinajstić information content (AvgIpc) is 3.22. The van der Waals surface area contributed by atoms with E-state index in [1.807, 2.05) is 11.5 Å².